The van der Waals surface area contributed by atoms with Crippen LogP contribution in [-0.4, -0.2) is 39.9 Å². The van der Waals surface area contributed by atoms with Crippen LogP contribution in [0, 0.1) is 22.7 Å². The molecule has 0 bridgehead atoms. The average molecular weight is 336 g/mol. The highest BCUT2D eigenvalue weighted by Crippen LogP contribution is 2.64. The normalized spacial score (nSPS) is 54.8. The lowest BCUT2D eigenvalue weighted by molar-refractivity contribution is -0.277. The van der Waals surface area contributed by atoms with Crippen LogP contribution >= 0.6 is 0 Å². The second kappa shape index (κ2) is 5.39. The number of fused-ring (bicyclic) bond motifs is 3. The third kappa shape index (κ3) is 2.26. The average Bonchev–Trinajstić information content (AvgIpc) is 2.50. The second-order valence-corrected chi connectivity index (χ2v) is 9.29. The molecule has 1 aliphatic heterocycles. The number of hydrogen-bond acceptors (Lipinski definition) is 4. The third-order valence-corrected chi connectivity index (χ3v) is 7.58. The molecule has 136 valence electrons. The Labute approximate surface area is 145 Å². The van der Waals surface area contributed by atoms with E-state index in [1.807, 2.05) is 20.8 Å². The molecule has 2 N–H and O–H groups in total. The van der Waals surface area contributed by atoms with Gasteiger partial charge in [0.05, 0.1) is 17.3 Å². The van der Waals surface area contributed by atoms with Crippen molar-refractivity contribution in [3.05, 3.63) is 12.7 Å². The molecule has 0 aromatic rings. The van der Waals surface area contributed by atoms with Crippen molar-refractivity contribution in [3.63, 3.8) is 0 Å². The number of hydrogen-bond donors (Lipinski definition) is 2. The van der Waals surface area contributed by atoms with Gasteiger partial charge in [0.1, 0.15) is 5.78 Å². The van der Waals surface area contributed by atoms with Crippen LogP contribution in [0.1, 0.15) is 59.8 Å². The maximum absolute atomic E-state index is 13.1. The van der Waals surface area contributed by atoms with Crippen molar-refractivity contribution in [1.82, 2.24) is 0 Å². The zero-order valence-corrected chi connectivity index (χ0v) is 15.5. The van der Waals surface area contributed by atoms with Crippen LogP contribution in [0.4, 0.5) is 0 Å². The van der Waals surface area contributed by atoms with Crippen molar-refractivity contribution in [3.8, 4) is 0 Å². The van der Waals surface area contributed by atoms with Gasteiger partial charge in [-0.2, -0.15) is 0 Å². The van der Waals surface area contributed by atoms with Crippen molar-refractivity contribution < 1.29 is 19.7 Å². The predicted octanol–water partition coefficient (Wildman–Crippen LogP) is 2.87. The fourth-order valence-corrected chi connectivity index (χ4v) is 6.36. The molecule has 1 unspecified atom stereocenters. The van der Waals surface area contributed by atoms with Gasteiger partial charge in [0.2, 0.25) is 0 Å². The SMILES string of the molecule is C=C[C@@]1(C)C[C@@H](O)[C@H]2[C@@](C)(CCC3[C@](C)(CO)CCC(=O)[C@@]32C)O1. The number of aliphatic hydroxyl groups is 2. The van der Waals surface area contributed by atoms with E-state index in [2.05, 4.69) is 13.5 Å². The molecule has 3 rings (SSSR count). The molecule has 0 radical (unpaired) electrons. The summed E-state index contributed by atoms with van der Waals surface area (Å²) in [5.74, 6) is 0.0651. The number of ether oxygens (including phenoxy) is 1. The van der Waals surface area contributed by atoms with E-state index in [1.54, 1.807) is 6.08 Å². The van der Waals surface area contributed by atoms with Crippen molar-refractivity contribution >= 4 is 5.78 Å². The third-order valence-electron chi connectivity index (χ3n) is 7.58. The van der Waals surface area contributed by atoms with Gasteiger partial charge in [-0.25, -0.2) is 0 Å². The van der Waals surface area contributed by atoms with Crippen LogP contribution < -0.4 is 0 Å². The summed E-state index contributed by atoms with van der Waals surface area (Å²) >= 11 is 0. The topological polar surface area (TPSA) is 66.8 Å². The summed E-state index contributed by atoms with van der Waals surface area (Å²) in [5.41, 5.74) is -2.02. The Kier molecular flexibility index (Phi) is 4.06. The minimum absolute atomic E-state index is 0.0839. The van der Waals surface area contributed by atoms with Crippen LogP contribution in [0.3, 0.4) is 0 Å². The fraction of sp³-hybridized carbons (Fsp3) is 0.850. The molecule has 2 saturated carbocycles. The van der Waals surface area contributed by atoms with Crippen molar-refractivity contribution in [2.45, 2.75) is 77.1 Å². The fourth-order valence-electron chi connectivity index (χ4n) is 6.36. The van der Waals surface area contributed by atoms with E-state index >= 15 is 0 Å². The Morgan fingerprint density at radius 2 is 1.96 bits per heavy atom. The molecule has 2 aliphatic carbocycles. The highest BCUT2D eigenvalue weighted by atomic mass is 16.5. The number of carbonyl (C=O) groups is 1. The number of Topliss-reactive ketones (excluding diaryl/α,β-unsaturated/α-hetero) is 1. The molecule has 3 fully saturated rings. The second-order valence-electron chi connectivity index (χ2n) is 9.29. The summed E-state index contributed by atoms with van der Waals surface area (Å²) in [6, 6.07) is 0. The summed E-state index contributed by atoms with van der Waals surface area (Å²) < 4.78 is 6.46. The lowest BCUT2D eigenvalue weighted by Gasteiger charge is -2.65. The van der Waals surface area contributed by atoms with E-state index in [4.69, 9.17) is 4.74 Å². The van der Waals surface area contributed by atoms with Crippen LogP contribution in [-0.2, 0) is 9.53 Å². The van der Waals surface area contributed by atoms with Crippen molar-refractivity contribution in [2.24, 2.45) is 22.7 Å². The van der Waals surface area contributed by atoms with E-state index in [0.717, 1.165) is 19.3 Å². The summed E-state index contributed by atoms with van der Waals surface area (Å²) in [6.07, 6.45) is 4.46. The smallest absolute Gasteiger partial charge is 0.139 e. The highest BCUT2D eigenvalue weighted by molar-refractivity contribution is 5.86. The van der Waals surface area contributed by atoms with Gasteiger partial charge in [-0.1, -0.05) is 19.9 Å². The quantitative estimate of drug-likeness (QED) is 0.761. The van der Waals surface area contributed by atoms with Crippen LogP contribution in [0.2, 0.25) is 0 Å². The Morgan fingerprint density at radius 1 is 1.29 bits per heavy atom. The number of carbonyl (C=O) groups excluding carboxylic acids is 1. The van der Waals surface area contributed by atoms with Crippen molar-refractivity contribution in [2.75, 3.05) is 6.61 Å². The first-order valence-corrected chi connectivity index (χ1v) is 9.21. The Balaban J connectivity index is 2.08. The molecule has 4 heteroatoms. The van der Waals surface area contributed by atoms with E-state index < -0.39 is 22.7 Å². The summed E-state index contributed by atoms with van der Waals surface area (Å²) in [6.45, 7) is 12.1. The first-order chi connectivity index (χ1) is 11.0. The zero-order chi connectivity index (χ0) is 18.0. The van der Waals surface area contributed by atoms with Gasteiger partial charge in [0.25, 0.3) is 0 Å². The maximum atomic E-state index is 13.1. The first-order valence-electron chi connectivity index (χ1n) is 9.21. The molecule has 4 nitrogen and oxygen atoms in total. The summed E-state index contributed by atoms with van der Waals surface area (Å²) in [5, 5.41) is 21.1. The lowest BCUT2D eigenvalue weighted by Crippen LogP contribution is -2.69. The molecule has 0 amide bonds. The number of ketones is 1. The first kappa shape index (κ1) is 18.1. The van der Waals surface area contributed by atoms with Gasteiger partial charge < -0.3 is 14.9 Å². The van der Waals surface area contributed by atoms with E-state index in [1.165, 1.54) is 0 Å². The molecule has 0 spiro atoms. The summed E-state index contributed by atoms with van der Waals surface area (Å²) in [7, 11) is 0. The molecular formula is C20H32O4. The Bertz CT molecular complexity index is 560. The number of rotatable bonds is 2. The Morgan fingerprint density at radius 3 is 2.54 bits per heavy atom. The summed E-state index contributed by atoms with van der Waals surface area (Å²) in [4.78, 5) is 13.1. The molecule has 24 heavy (non-hydrogen) atoms. The van der Waals surface area contributed by atoms with E-state index in [0.29, 0.717) is 12.8 Å². The van der Waals surface area contributed by atoms with E-state index in [-0.39, 0.29) is 29.6 Å². The van der Waals surface area contributed by atoms with Crippen LogP contribution in [0.15, 0.2) is 12.7 Å². The Hall–Kier alpha value is -0.710. The van der Waals surface area contributed by atoms with Gasteiger partial charge >= 0.3 is 0 Å². The van der Waals surface area contributed by atoms with Gasteiger partial charge in [-0.05, 0) is 44.4 Å². The molecule has 1 saturated heterocycles. The molecule has 7 atom stereocenters. The van der Waals surface area contributed by atoms with Gasteiger partial charge in [-0.3, -0.25) is 4.79 Å². The van der Waals surface area contributed by atoms with Crippen molar-refractivity contribution in [1.29, 1.82) is 0 Å². The molecule has 0 aromatic carbocycles. The van der Waals surface area contributed by atoms with Gasteiger partial charge in [0.15, 0.2) is 0 Å². The monoisotopic (exact) mass is 336 g/mol. The minimum atomic E-state index is -0.648. The van der Waals surface area contributed by atoms with Gasteiger partial charge in [0, 0.05) is 30.8 Å². The minimum Gasteiger partial charge on any atom is -0.396 e. The molecule has 1 heterocycles. The largest absolute Gasteiger partial charge is 0.396 e. The molecular weight excluding hydrogens is 304 g/mol. The maximum Gasteiger partial charge on any atom is 0.139 e. The number of aliphatic hydroxyl groups excluding tert-OH is 2. The molecule has 0 aromatic heterocycles. The highest BCUT2D eigenvalue weighted by Gasteiger charge is 2.67. The zero-order valence-electron chi connectivity index (χ0n) is 15.5. The van der Waals surface area contributed by atoms with Gasteiger partial charge in [-0.15, -0.1) is 6.58 Å². The van der Waals surface area contributed by atoms with Crippen LogP contribution in [0.5, 0.6) is 0 Å². The predicted molar refractivity (Wildman–Crippen MR) is 92.5 cm³/mol. The van der Waals surface area contributed by atoms with E-state index in [9.17, 15) is 15.0 Å². The standard InChI is InChI=1S/C20H32O4/c1-6-18(3)11-13(22)16-19(4,24-18)10-7-14-17(2,12-21)9-8-15(23)20(14,16)5/h6,13-14,16,21-22H,1,7-12H2,2-5H3/t13-,14?,16+,17+,18+,19-,20-/m1/s1. The van der Waals surface area contributed by atoms with Crippen LogP contribution in [0.25, 0.3) is 0 Å². The molecule has 3 aliphatic rings. The lowest BCUT2D eigenvalue weighted by atomic mass is 9.43.